The molecule has 0 aliphatic heterocycles. The zero-order valence-electron chi connectivity index (χ0n) is 7.12. The number of carbonyl (C=O) groups is 1. The molecule has 0 saturated carbocycles. The minimum Gasteiger partial charge on any atom is -0.388 e. The van der Waals surface area contributed by atoms with Crippen LogP contribution in [0.4, 0.5) is 0 Å². The van der Waals surface area contributed by atoms with E-state index >= 15 is 0 Å². The van der Waals surface area contributed by atoms with E-state index in [1.165, 1.54) is 11.3 Å². The molecule has 1 aliphatic carbocycles. The first-order valence-corrected chi connectivity index (χ1v) is 5.10. The average Bonchev–Trinajstić information content (AvgIpc) is 2.49. The third-order valence-electron chi connectivity index (χ3n) is 2.32. The highest BCUT2D eigenvalue weighted by Crippen LogP contribution is 2.35. The Labute approximate surface area is 80.2 Å². The van der Waals surface area contributed by atoms with Crippen LogP contribution in [0, 0.1) is 0 Å². The van der Waals surface area contributed by atoms with Crippen LogP contribution in [0.15, 0.2) is 6.07 Å². The van der Waals surface area contributed by atoms with Gasteiger partial charge >= 0.3 is 0 Å². The topological polar surface area (TPSA) is 63.3 Å². The maximum Gasteiger partial charge on any atom is 0.258 e. The van der Waals surface area contributed by atoms with Gasteiger partial charge in [-0.25, -0.2) is 0 Å². The number of hydrogen-bond donors (Lipinski definition) is 2. The first-order chi connectivity index (χ1) is 6.18. The SMILES string of the molecule is NC(=O)c1cc2c(s1)CCCC2O. The Morgan fingerprint density at radius 3 is 3.08 bits per heavy atom. The van der Waals surface area contributed by atoms with Crippen LogP contribution < -0.4 is 5.73 Å². The molecule has 1 unspecified atom stereocenters. The zero-order chi connectivity index (χ0) is 9.42. The number of rotatable bonds is 1. The van der Waals surface area contributed by atoms with Gasteiger partial charge in [-0.3, -0.25) is 4.79 Å². The number of hydrogen-bond acceptors (Lipinski definition) is 3. The highest BCUT2D eigenvalue weighted by molar-refractivity contribution is 7.14. The van der Waals surface area contributed by atoms with Gasteiger partial charge in [0.2, 0.25) is 0 Å². The molecule has 1 aliphatic rings. The maximum atomic E-state index is 10.9. The van der Waals surface area contributed by atoms with Gasteiger partial charge in [0.1, 0.15) is 0 Å². The molecule has 1 heterocycles. The molecule has 3 N–H and O–H groups in total. The molecule has 1 aromatic heterocycles. The van der Waals surface area contributed by atoms with E-state index in [9.17, 15) is 9.90 Å². The van der Waals surface area contributed by atoms with Crippen LogP contribution in [0.2, 0.25) is 0 Å². The molecule has 0 aromatic carbocycles. The molecule has 1 aromatic rings. The van der Waals surface area contributed by atoms with Crippen molar-refractivity contribution >= 4 is 17.2 Å². The second-order valence-corrected chi connectivity index (χ2v) is 4.40. The number of fused-ring (bicyclic) bond motifs is 1. The molecule has 1 amide bonds. The molecule has 70 valence electrons. The number of nitrogens with two attached hydrogens (primary N) is 1. The number of amides is 1. The zero-order valence-corrected chi connectivity index (χ0v) is 7.93. The van der Waals surface area contributed by atoms with E-state index in [4.69, 9.17) is 5.73 Å². The van der Waals surface area contributed by atoms with Crippen molar-refractivity contribution in [3.63, 3.8) is 0 Å². The van der Waals surface area contributed by atoms with Crippen molar-refractivity contribution in [1.29, 1.82) is 0 Å². The van der Waals surface area contributed by atoms with Gasteiger partial charge in [-0.2, -0.15) is 0 Å². The summed E-state index contributed by atoms with van der Waals surface area (Å²) in [5.74, 6) is -0.397. The van der Waals surface area contributed by atoms with Crippen LogP contribution in [-0.2, 0) is 6.42 Å². The number of aliphatic hydroxyl groups is 1. The number of aliphatic hydroxyl groups excluding tert-OH is 1. The lowest BCUT2D eigenvalue weighted by Gasteiger charge is -2.16. The van der Waals surface area contributed by atoms with E-state index in [2.05, 4.69) is 0 Å². The number of aryl methyl sites for hydroxylation is 1. The van der Waals surface area contributed by atoms with Gasteiger partial charge in [0, 0.05) is 4.88 Å². The minimum atomic E-state index is -0.397. The van der Waals surface area contributed by atoms with Gasteiger partial charge < -0.3 is 10.8 Å². The molecule has 0 saturated heterocycles. The van der Waals surface area contributed by atoms with E-state index in [1.54, 1.807) is 6.07 Å². The molecule has 3 nitrogen and oxygen atoms in total. The Morgan fingerprint density at radius 1 is 1.69 bits per heavy atom. The molecule has 0 fully saturated rings. The number of carbonyl (C=O) groups excluding carboxylic acids is 1. The second-order valence-electron chi connectivity index (χ2n) is 3.26. The van der Waals surface area contributed by atoms with Crippen LogP contribution in [0.25, 0.3) is 0 Å². The Morgan fingerprint density at radius 2 is 2.46 bits per heavy atom. The molecule has 0 spiro atoms. The first kappa shape index (κ1) is 8.72. The van der Waals surface area contributed by atoms with Gasteiger partial charge in [-0.05, 0) is 30.9 Å². The summed E-state index contributed by atoms with van der Waals surface area (Å²) in [6.45, 7) is 0. The van der Waals surface area contributed by atoms with Crippen molar-refractivity contribution in [1.82, 2.24) is 0 Å². The fourth-order valence-corrected chi connectivity index (χ4v) is 2.76. The second kappa shape index (κ2) is 3.12. The quantitative estimate of drug-likeness (QED) is 0.711. The smallest absolute Gasteiger partial charge is 0.258 e. The predicted molar refractivity (Wildman–Crippen MR) is 50.7 cm³/mol. The van der Waals surface area contributed by atoms with Crippen LogP contribution in [0.5, 0.6) is 0 Å². The summed E-state index contributed by atoms with van der Waals surface area (Å²) < 4.78 is 0. The van der Waals surface area contributed by atoms with Crippen molar-refractivity contribution in [2.24, 2.45) is 5.73 Å². The summed E-state index contributed by atoms with van der Waals surface area (Å²) in [6, 6.07) is 1.73. The highest BCUT2D eigenvalue weighted by Gasteiger charge is 2.21. The lowest BCUT2D eigenvalue weighted by atomic mass is 9.96. The van der Waals surface area contributed by atoms with Crippen LogP contribution in [0.1, 0.15) is 39.1 Å². The maximum absolute atomic E-state index is 10.9. The van der Waals surface area contributed by atoms with Gasteiger partial charge in [0.15, 0.2) is 0 Å². The highest BCUT2D eigenvalue weighted by atomic mass is 32.1. The van der Waals surface area contributed by atoms with Gasteiger partial charge in [-0.15, -0.1) is 11.3 Å². The van der Waals surface area contributed by atoms with Gasteiger partial charge in [-0.1, -0.05) is 0 Å². The number of primary amides is 1. The van der Waals surface area contributed by atoms with Crippen molar-refractivity contribution in [3.8, 4) is 0 Å². The molecule has 2 rings (SSSR count). The van der Waals surface area contributed by atoms with E-state index in [0.717, 1.165) is 29.7 Å². The van der Waals surface area contributed by atoms with Crippen LogP contribution >= 0.6 is 11.3 Å². The molecule has 13 heavy (non-hydrogen) atoms. The summed E-state index contributed by atoms with van der Waals surface area (Å²) in [6.07, 6.45) is 2.35. The lowest BCUT2D eigenvalue weighted by Crippen LogP contribution is -2.08. The Bertz CT molecular complexity index is 345. The summed E-state index contributed by atoms with van der Waals surface area (Å²) in [5.41, 5.74) is 6.07. The Kier molecular flexibility index (Phi) is 2.09. The third kappa shape index (κ3) is 1.47. The number of thiophene rings is 1. The minimum absolute atomic E-state index is 0.395. The summed E-state index contributed by atoms with van der Waals surface area (Å²) in [7, 11) is 0. The van der Waals surface area contributed by atoms with Crippen molar-refractivity contribution < 1.29 is 9.90 Å². The average molecular weight is 197 g/mol. The molecular formula is C9H11NO2S. The molecule has 0 bridgehead atoms. The summed E-state index contributed by atoms with van der Waals surface area (Å²) >= 11 is 1.41. The molecule has 1 atom stereocenters. The largest absolute Gasteiger partial charge is 0.388 e. The van der Waals surface area contributed by atoms with Crippen LogP contribution in [-0.4, -0.2) is 11.0 Å². The predicted octanol–water partition coefficient (Wildman–Crippen LogP) is 1.22. The van der Waals surface area contributed by atoms with Gasteiger partial charge in [0.05, 0.1) is 11.0 Å². The summed E-state index contributed by atoms with van der Waals surface area (Å²) in [4.78, 5) is 12.6. The van der Waals surface area contributed by atoms with Crippen molar-refractivity contribution in [2.45, 2.75) is 25.4 Å². The Balaban J connectivity index is 2.42. The third-order valence-corrected chi connectivity index (χ3v) is 3.55. The van der Waals surface area contributed by atoms with Crippen molar-refractivity contribution in [3.05, 3.63) is 21.4 Å². The molecular weight excluding hydrogens is 186 g/mol. The van der Waals surface area contributed by atoms with Crippen molar-refractivity contribution in [2.75, 3.05) is 0 Å². The molecule has 4 heteroatoms. The van der Waals surface area contributed by atoms with E-state index < -0.39 is 12.0 Å². The normalized spacial score (nSPS) is 21.2. The van der Waals surface area contributed by atoms with E-state index in [-0.39, 0.29) is 0 Å². The fraction of sp³-hybridized carbons (Fsp3) is 0.444. The Hall–Kier alpha value is -0.870. The first-order valence-electron chi connectivity index (χ1n) is 4.29. The fourth-order valence-electron chi connectivity index (χ4n) is 1.65. The standard InChI is InChI=1S/C9H11NO2S/c10-9(12)8-4-5-6(11)2-1-3-7(5)13-8/h4,6,11H,1-3H2,(H2,10,12). The summed E-state index contributed by atoms with van der Waals surface area (Å²) in [5, 5.41) is 9.61. The van der Waals surface area contributed by atoms with E-state index in [1.807, 2.05) is 0 Å². The monoisotopic (exact) mass is 197 g/mol. The van der Waals surface area contributed by atoms with E-state index in [0.29, 0.717) is 4.88 Å². The molecule has 0 radical (unpaired) electrons. The van der Waals surface area contributed by atoms with Gasteiger partial charge in [0.25, 0.3) is 5.91 Å². The lowest BCUT2D eigenvalue weighted by molar-refractivity contribution is 0.100. The van der Waals surface area contributed by atoms with Crippen LogP contribution in [0.3, 0.4) is 0 Å².